The molecular weight excluding hydrogens is 294 g/mol. The van der Waals surface area contributed by atoms with E-state index in [1.807, 2.05) is 6.07 Å². The Morgan fingerprint density at radius 1 is 1.22 bits per heavy atom. The molecule has 0 atom stereocenters. The Labute approximate surface area is 132 Å². The molecule has 1 heterocycles. The molecule has 23 heavy (non-hydrogen) atoms. The SMILES string of the molecule is N#CCc1ccc(NC(=O)C(=O)N/N=C/c2cccnc2)cc1. The fourth-order valence-electron chi connectivity index (χ4n) is 1.65. The predicted octanol–water partition coefficient (Wildman–Crippen LogP) is 1.24. The highest BCUT2D eigenvalue weighted by atomic mass is 16.2. The lowest BCUT2D eigenvalue weighted by molar-refractivity contribution is -0.136. The second-order valence-corrected chi connectivity index (χ2v) is 4.47. The number of nitriles is 1. The summed E-state index contributed by atoms with van der Waals surface area (Å²) in [6.45, 7) is 0. The number of hydrogen-bond acceptors (Lipinski definition) is 5. The third-order valence-electron chi connectivity index (χ3n) is 2.77. The average molecular weight is 307 g/mol. The predicted molar refractivity (Wildman–Crippen MR) is 84.4 cm³/mol. The van der Waals surface area contributed by atoms with Crippen LogP contribution in [0.15, 0.2) is 53.9 Å². The van der Waals surface area contributed by atoms with Gasteiger partial charge in [-0.1, -0.05) is 18.2 Å². The van der Waals surface area contributed by atoms with E-state index in [2.05, 4.69) is 20.8 Å². The van der Waals surface area contributed by atoms with E-state index in [-0.39, 0.29) is 6.42 Å². The van der Waals surface area contributed by atoms with Gasteiger partial charge in [-0.2, -0.15) is 10.4 Å². The number of benzene rings is 1. The molecule has 0 saturated heterocycles. The first-order chi connectivity index (χ1) is 11.2. The van der Waals surface area contributed by atoms with Gasteiger partial charge in [0.15, 0.2) is 0 Å². The van der Waals surface area contributed by atoms with Gasteiger partial charge >= 0.3 is 11.8 Å². The Balaban J connectivity index is 1.86. The third-order valence-corrected chi connectivity index (χ3v) is 2.77. The zero-order chi connectivity index (χ0) is 16.5. The number of hydrazone groups is 1. The summed E-state index contributed by atoms with van der Waals surface area (Å²) in [7, 11) is 0. The van der Waals surface area contributed by atoms with E-state index in [1.165, 1.54) is 6.21 Å². The first kappa shape index (κ1) is 15.9. The van der Waals surface area contributed by atoms with Crippen LogP contribution in [-0.4, -0.2) is 23.0 Å². The van der Waals surface area contributed by atoms with Crippen LogP contribution in [0.2, 0.25) is 0 Å². The zero-order valence-corrected chi connectivity index (χ0v) is 12.1. The van der Waals surface area contributed by atoms with Crippen LogP contribution in [-0.2, 0) is 16.0 Å². The summed E-state index contributed by atoms with van der Waals surface area (Å²) in [5, 5.41) is 14.7. The van der Waals surface area contributed by atoms with Crippen molar-refractivity contribution < 1.29 is 9.59 Å². The molecule has 2 amide bonds. The number of carbonyl (C=O) groups excluding carboxylic acids is 2. The van der Waals surface area contributed by atoms with E-state index in [4.69, 9.17) is 5.26 Å². The molecule has 0 spiro atoms. The van der Waals surface area contributed by atoms with Crippen LogP contribution in [0.25, 0.3) is 0 Å². The van der Waals surface area contributed by atoms with E-state index in [1.54, 1.807) is 48.8 Å². The molecule has 0 bridgehead atoms. The molecule has 2 N–H and O–H groups in total. The lowest BCUT2D eigenvalue weighted by Crippen LogP contribution is -2.32. The number of amides is 2. The molecule has 1 aromatic heterocycles. The van der Waals surface area contributed by atoms with Crippen LogP contribution in [0.1, 0.15) is 11.1 Å². The van der Waals surface area contributed by atoms with Crippen LogP contribution in [0.4, 0.5) is 5.69 Å². The molecule has 0 aliphatic heterocycles. The van der Waals surface area contributed by atoms with Crippen molar-refractivity contribution in [2.24, 2.45) is 5.10 Å². The first-order valence-corrected chi connectivity index (χ1v) is 6.69. The zero-order valence-electron chi connectivity index (χ0n) is 12.1. The summed E-state index contributed by atoms with van der Waals surface area (Å²) in [5.74, 6) is -1.72. The molecule has 0 unspecified atom stereocenters. The second-order valence-electron chi connectivity index (χ2n) is 4.47. The number of carbonyl (C=O) groups is 2. The third kappa shape index (κ3) is 5.06. The maximum absolute atomic E-state index is 11.7. The highest BCUT2D eigenvalue weighted by molar-refractivity contribution is 6.39. The van der Waals surface area contributed by atoms with Crippen molar-refractivity contribution in [3.63, 3.8) is 0 Å². The molecule has 2 rings (SSSR count). The summed E-state index contributed by atoms with van der Waals surface area (Å²) in [4.78, 5) is 27.2. The van der Waals surface area contributed by atoms with Crippen LogP contribution in [0.5, 0.6) is 0 Å². The van der Waals surface area contributed by atoms with Gasteiger partial charge in [0.25, 0.3) is 0 Å². The maximum atomic E-state index is 11.7. The number of pyridine rings is 1. The van der Waals surface area contributed by atoms with Gasteiger partial charge in [-0.15, -0.1) is 0 Å². The minimum Gasteiger partial charge on any atom is -0.318 e. The summed E-state index contributed by atoms with van der Waals surface area (Å²) < 4.78 is 0. The Bertz CT molecular complexity index is 748. The van der Waals surface area contributed by atoms with E-state index in [0.29, 0.717) is 11.3 Å². The molecule has 1 aromatic carbocycles. The van der Waals surface area contributed by atoms with Crippen molar-refractivity contribution in [1.29, 1.82) is 5.26 Å². The summed E-state index contributed by atoms with van der Waals surface area (Å²) in [6.07, 6.45) is 4.86. The number of aromatic nitrogens is 1. The molecular formula is C16H13N5O2. The average Bonchev–Trinajstić information content (AvgIpc) is 2.57. The molecule has 114 valence electrons. The highest BCUT2D eigenvalue weighted by Gasteiger charge is 2.12. The lowest BCUT2D eigenvalue weighted by atomic mass is 10.1. The number of rotatable bonds is 4. The Hall–Kier alpha value is -3.53. The molecule has 0 aliphatic carbocycles. The number of anilines is 1. The summed E-state index contributed by atoms with van der Waals surface area (Å²) in [5.41, 5.74) is 4.12. The Morgan fingerprint density at radius 3 is 2.65 bits per heavy atom. The van der Waals surface area contributed by atoms with Gasteiger partial charge in [0.2, 0.25) is 0 Å². The molecule has 7 heteroatoms. The minimum atomic E-state index is -0.883. The molecule has 0 aliphatic rings. The van der Waals surface area contributed by atoms with Crippen molar-refractivity contribution >= 4 is 23.7 Å². The topological polar surface area (TPSA) is 107 Å². The molecule has 2 aromatic rings. The van der Waals surface area contributed by atoms with Crippen molar-refractivity contribution in [2.45, 2.75) is 6.42 Å². The van der Waals surface area contributed by atoms with E-state index >= 15 is 0 Å². The van der Waals surface area contributed by atoms with E-state index in [0.717, 1.165) is 5.56 Å². The Morgan fingerprint density at radius 2 is 2.00 bits per heavy atom. The quantitative estimate of drug-likeness (QED) is 0.503. The standard InChI is InChI=1S/C16H13N5O2/c17-8-7-12-3-5-14(6-4-12)20-15(22)16(23)21-19-11-13-2-1-9-18-10-13/h1-6,9-11H,7H2,(H,20,22)(H,21,23)/b19-11+. The normalized spacial score (nSPS) is 10.0. The van der Waals surface area contributed by atoms with E-state index in [9.17, 15) is 9.59 Å². The molecule has 0 radical (unpaired) electrons. The number of hydrogen-bond donors (Lipinski definition) is 2. The fraction of sp³-hybridized carbons (Fsp3) is 0.0625. The molecule has 0 fully saturated rings. The van der Waals surface area contributed by atoms with E-state index < -0.39 is 11.8 Å². The van der Waals surface area contributed by atoms with Crippen LogP contribution < -0.4 is 10.7 Å². The summed E-state index contributed by atoms with van der Waals surface area (Å²) >= 11 is 0. The molecule has 0 saturated carbocycles. The van der Waals surface area contributed by atoms with Crippen molar-refractivity contribution in [2.75, 3.05) is 5.32 Å². The lowest BCUT2D eigenvalue weighted by Gasteiger charge is -2.04. The van der Waals surface area contributed by atoms with Crippen molar-refractivity contribution in [3.8, 4) is 6.07 Å². The monoisotopic (exact) mass is 307 g/mol. The van der Waals surface area contributed by atoms with Crippen LogP contribution in [0.3, 0.4) is 0 Å². The minimum absolute atomic E-state index is 0.289. The van der Waals surface area contributed by atoms with Gasteiger partial charge in [-0.25, -0.2) is 5.43 Å². The van der Waals surface area contributed by atoms with Gasteiger partial charge in [-0.3, -0.25) is 14.6 Å². The smallest absolute Gasteiger partial charge is 0.318 e. The van der Waals surface area contributed by atoms with Crippen LogP contribution in [0, 0.1) is 11.3 Å². The number of nitrogens with one attached hydrogen (secondary N) is 2. The maximum Gasteiger partial charge on any atom is 0.329 e. The van der Waals surface area contributed by atoms with Crippen LogP contribution >= 0.6 is 0 Å². The summed E-state index contributed by atoms with van der Waals surface area (Å²) in [6, 6.07) is 12.2. The van der Waals surface area contributed by atoms with Gasteiger partial charge in [0.05, 0.1) is 18.7 Å². The van der Waals surface area contributed by atoms with Gasteiger partial charge in [-0.05, 0) is 23.8 Å². The Kier molecular flexibility index (Phi) is 5.54. The largest absolute Gasteiger partial charge is 0.329 e. The van der Waals surface area contributed by atoms with Gasteiger partial charge in [0.1, 0.15) is 0 Å². The van der Waals surface area contributed by atoms with Gasteiger partial charge < -0.3 is 5.32 Å². The highest BCUT2D eigenvalue weighted by Crippen LogP contribution is 2.09. The second kappa shape index (κ2) is 8.05. The molecule has 7 nitrogen and oxygen atoms in total. The van der Waals surface area contributed by atoms with Crippen molar-refractivity contribution in [1.82, 2.24) is 10.4 Å². The fourth-order valence-corrected chi connectivity index (χ4v) is 1.65. The van der Waals surface area contributed by atoms with Crippen molar-refractivity contribution in [3.05, 3.63) is 59.9 Å². The number of nitrogens with zero attached hydrogens (tertiary/aromatic N) is 3. The van der Waals surface area contributed by atoms with Gasteiger partial charge in [0, 0.05) is 23.6 Å². The first-order valence-electron chi connectivity index (χ1n) is 6.69.